The first-order chi connectivity index (χ1) is 14.5. The van der Waals surface area contributed by atoms with E-state index in [1.54, 1.807) is 4.90 Å². The topological polar surface area (TPSA) is 93.9 Å². The molecule has 1 N–H and O–H groups in total. The molecule has 1 saturated heterocycles. The number of carbonyl (C=O) groups is 2. The smallest absolute Gasteiger partial charge is 0.409 e. The van der Waals surface area contributed by atoms with Crippen LogP contribution < -0.4 is 4.74 Å². The lowest BCUT2D eigenvalue weighted by Gasteiger charge is -2.44. The van der Waals surface area contributed by atoms with Crippen molar-refractivity contribution in [3.05, 3.63) is 35.5 Å². The number of carbonyl (C=O) groups excluding carboxylic acids is 1. The molecule has 0 bridgehead atoms. The fourth-order valence-corrected chi connectivity index (χ4v) is 4.54. The molecule has 3 heterocycles. The van der Waals surface area contributed by atoms with Crippen LogP contribution in [0, 0.1) is 12.8 Å². The summed E-state index contributed by atoms with van der Waals surface area (Å²) in [5.41, 5.74) is 2.76. The highest BCUT2D eigenvalue weighted by Crippen LogP contribution is 2.50. The molecule has 8 heteroatoms. The number of piperidine rings is 1. The van der Waals surface area contributed by atoms with Crippen LogP contribution in [0.3, 0.4) is 0 Å². The van der Waals surface area contributed by atoms with Crippen LogP contribution in [0.25, 0.3) is 11.3 Å². The van der Waals surface area contributed by atoms with Crippen LogP contribution in [0.4, 0.5) is 4.79 Å². The number of likely N-dealkylation sites (tertiary alicyclic amines) is 1. The van der Waals surface area contributed by atoms with E-state index in [9.17, 15) is 14.7 Å². The number of carboxylic acids is 1. The summed E-state index contributed by atoms with van der Waals surface area (Å²) in [7, 11) is 0. The molecule has 1 amide bonds. The van der Waals surface area contributed by atoms with E-state index in [0.29, 0.717) is 38.5 Å². The van der Waals surface area contributed by atoms with Crippen molar-refractivity contribution in [1.29, 1.82) is 0 Å². The number of rotatable bonds is 4. The third-order valence-electron chi connectivity index (χ3n) is 6.36. The summed E-state index contributed by atoms with van der Waals surface area (Å²) in [4.78, 5) is 25.5. The van der Waals surface area contributed by atoms with Gasteiger partial charge in [-0.25, -0.2) is 4.79 Å². The number of fused-ring (bicyclic) bond motifs is 4. The molecule has 1 spiro atoms. The van der Waals surface area contributed by atoms with Crippen molar-refractivity contribution in [1.82, 2.24) is 14.7 Å². The highest BCUT2D eigenvalue weighted by atomic mass is 16.6. The molecule has 8 nitrogen and oxygen atoms in total. The maximum absolute atomic E-state index is 12.4. The van der Waals surface area contributed by atoms with E-state index >= 15 is 0 Å². The zero-order valence-electron chi connectivity index (χ0n) is 17.0. The SMILES string of the molecule is Cc1c2c(nn1CC(=O)O)-c1ccccc1OC21CCN(C(=O)OCC2CC2)CC1. The van der Waals surface area contributed by atoms with Crippen molar-refractivity contribution in [2.24, 2.45) is 5.92 Å². The van der Waals surface area contributed by atoms with Gasteiger partial charge in [-0.05, 0) is 37.8 Å². The van der Waals surface area contributed by atoms with Crippen LogP contribution in [-0.4, -0.2) is 51.5 Å². The number of ether oxygens (including phenoxy) is 2. The number of benzene rings is 1. The predicted molar refractivity (Wildman–Crippen MR) is 107 cm³/mol. The third-order valence-corrected chi connectivity index (χ3v) is 6.36. The second-order valence-electron chi connectivity index (χ2n) is 8.46. The van der Waals surface area contributed by atoms with Gasteiger partial charge in [-0.2, -0.15) is 5.10 Å². The summed E-state index contributed by atoms with van der Waals surface area (Å²) in [6.45, 7) is 3.25. The minimum absolute atomic E-state index is 0.198. The van der Waals surface area contributed by atoms with Crippen LogP contribution in [0.15, 0.2) is 24.3 Å². The molecule has 1 saturated carbocycles. The van der Waals surface area contributed by atoms with Gasteiger partial charge in [0.05, 0.1) is 6.61 Å². The average molecular weight is 411 g/mol. The Kier molecular flexibility index (Phi) is 4.45. The van der Waals surface area contributed by atoms with Gasteiger partial charge in [0.25, 0.3) is 0 Å². The van der Waals surface area contributed by atoms with Gasteiger partial charge in [0.15, 0.2) is 0 Å². The molecule has 1 aliphatic carbocycles. The molecule has 0 atom stereocenters. The van der Waals surface area contributed by atoms with E-state index in [0.717, 1.165) is 41.1 Å². The van der Waals surface area contributed by atoms with Gasteiger partial charge in [-0.1, -0.05) is 12.1 Å². The number of amides is 1. The highest BCUT2D eigenvalue weighted by molar-refractivity contribution is 5.75. The second kappa shape index (κ2) is 7.04. The third kappa shape index (κ3) is 3.20. The second-order valence-corrected chi connectivity index (χ2v) is 8.46. The quantitative estimate of drug-likeness (QED) is 0.831. The summed E-state index contributed by atoms with van der Waals surface area (Å²) >= 11 is 0. The number of hydrogen-bond acceptors (Lipinski definition) is 5. The minimum Gasteiger partial charge on any atom is -0.482 e. The first-order valence-electron chi connectivity index (χ1n) is 10.5. The Hall–Kier alpha value is -3.03. The van der Waals surface area contributed by atoms with E-state index in [1.165, 1.54) is 4.68 Å². The molecular weight excluding hydrogens is 386 g/mol. The molecule has 2 fully saturated rings. The molecular formula is C22H25N3O5. The summed E-state index contributed by atoms with van der Waals surface area (Å²) in [6, 6.07) is 7.71. The van der Waals surface area contributed by atoms with Crippen LogP contribution in [-0.2, 0) is 21.7 Å². The largest absolute Gasteiger partial charge is 0.482 e. The average Bonchev–Trinajstić information content (AvgIpc) is 3.50. The summed E-state index contributed by atoms with van der Waals surface area (Å²) < 4.78 is 13.5. The van der Waals surface area contributed by atoms with E-state index in [2.05, 4.69) is 5.10 Å². The Balaban J connectivity index is 1.44. The molecule has 5 rings (SSSR count). The number of aromatic nitrogens is 2. The molecule has 3 aliphatic rings. The molecule has 2 aromatic rings. The van der Waals surface area contributed by atoms with Crippen LogP contribution in [0.1, 0.15) is 36.9 Å². The van der Waals surface area contributed by atoms with E-state index in [1.807, 2.05) is 31.2 Å². The Morgan fingerprint density at radius 2 is 2.00 bits per heavy atom. The number of hydrogen-bond donors (Lipinski definition) is 1. The Labute approximate surface area is 174 Å². The molecule has 158 valence electrons. The van der Waals surface area contributed by atoms with Crippen molar-refractivity contribution in [3.63, 3.8) is 0 Å². The monoisotopic (exact) mass is 411 g/mol. The van der Waals surface area contributed by atoms with Crippen molar-refractivity contribution in [2.75, 3.05) is 19.7 Å². The maximum Gasteiger partial charge on any atom is 0.409 e. The van der Waals surface area contributed by atoms with Crippen molar-refractivity contribution < 1.29 is 24.2 Å². The highest BCUT2D eigenvalue weighted by Gasteiger charge is 2.47. The van der Waals surface area contributed by atoms with Crippen molar-refractivity contribution >= 4 is 12.1 Å². The van der Waals surface area contributed by atoms with Gasteiger partial charge >= 0.3 is 12.1 Å². The molecule has 1 aromatic carbocycles. The molecule has 0 unspecified atom stereocenters. The summed E-state index contributed by atoms with van der Waals surface area (Å²) in [5.74, 6) is 0.345. The molecule has 0 radical (unpaired) electrons. The molecule has 2 aliphatic heterocycles. The van der Waals surface area contributed by atoms with Gasteiger partial charge in [0, 0.05) is 42.8 Å². The Bertz CT molecular complexity index is 1000. The maximum atomic E-state index is 12.4. The van der Waals surface area contributed by atoms with E-state index < -0.39 is 11.6 Å². The fourth-order valence-electron chi connectivity index (χ4n) is 4.54. The van der Waals surface area contributed by atoms with Crippen molar-refractivity contribution in [3.8, 4) is 17.0 Å². The predicted octanol–water partition coefficient (Wildman–Crippen LogP) is 3.17. The number of carboxylic acid groups (broad SMARTS) is 1. The first kappa shape index (κ1) is 19.0. The van der Waals surface area contributed by atoms with Crippen LogP contribution in [0.5, 0.6) is 5.75 Å². The van der Waals surface area contributed by atoms with Crippen LogP contribution >= 0.6 is 0 Å². The standard InChI is InChI=1S/C22H25N3O5/c1-14-19-20(23-25(14)12-18(26)27)16-4-2-3-5-17(16)30-22(19)8-10-24(11-9-22)21(28)29-13-15-6-7-15/h2-5,15H,6-13H2,1H3,(H,26,27). The first-order valence-corrected chi connectivity index (χ1v) is 10.5. The van der Waals surface area contributed by atoms with E-state index in [-0.39, 0.29) is 12.6 Å². The lowest BCUT2D eigenvalue weighted by molar-refractivity contribution is -0.137. The van der Waals surface area contributed by atoms with Gasteiger partial charge in [0.2, 0.25) is 0 Å². The lowest BCUT2D eigenvalue weighted by Crippen LogP contribution is -2.49. The van der Waals surface area contributed by atoms with Gasteiger partial charge in [-0.15, -0.1) is 0 Å². The van der Waals surface area contributed by atoms with Gasteiger partial charge < -0.3 is 19.5 Å². The lowest BCUT2D eigenvalue weighted by atomic mass is 9.79. The van der Waals surface area contributed by atoms with Crippen molar-refractivity contribution in [2.45, 2.75) is 44.8 Å². The number of nitrogens with zero attached hydrogens (tertiary/aromatic N) is 3. The number of aliphatic carboxylic acids is 1. The zero-order valence-corrected chi connectivity index (χ0v) is 17.0. The summed E-state index contributed by atoms with van der Waals surface area (Å²) in [6.07, 6.45) is 3.24. The fraction of sp³-hybridized carbons (Fsp3) is 0.500. The van der Waals surface area contributed by atoms with Gasteiger partial charge in [-0.3, -0.25) is 9.48 Å². The Morgan fingerprint density at radius 1 is 1.27 bits per heavy atom. The van der Waals surface area contributed by atoms with Gasteiger partial charge in [0.1, 0.15) is 23.6 Å². The molecule has 1 aromatic heterocycles. The molecule has 30 heavy (non-hydrogen) atoms. The van der Waals surface area contributed by atoms with Crippen LogP contribution in [0.2, 0.25) is 0 Å². The number of para-hydroxylation sites is 1. The Morgan fingerprint density at radius 3 is 2.70 bits per heavy atom. The summed E-state index contributed by atoms with van der Waals surface area (Å²) in [5, 5.41) is 13.9. The normalized spacial score (nSPS) is 19.0. The minimum atomic E-state index is -0.936. The zero-order chi connectivity index (χ0) is 20.9. The van der Waals surface area contributed by atoms with E-state index in [4.69, 9.17) is 9.47 Å².